The number of benzene rings is 3. The van der Waals surface area contributed by atoms with Crippen LogP contribution in [0, 0.1) is 0 Å². The minimum atomic E-state index is -3.70. The van der Waals surface area contributed by atoms with Crippen LogP contribution in [0.5, 0.6) is 0 Å². The summed E-state index contributed by atoms with van der Waals surface area (Å²) >= 11 is 7.62. The molecule has 0 aliphatic rings. The van der Waals surface area contributed by atoms with Crippen LogP contribution in [-0.4, -0.2) is 20.6 Å². The van der Waals surface area contributed by atoms with Crippen molar-refractivity contribution in [2.24, 2.45) is 0 Å². The fourth-order valence-corrected chi connectivity index (χ4v) is 4.25. The van der Waals surface area contributed by atoms with Crippen LogP contribution < -0.4 is 10.0 Å². The summed E-state index contributed by atoms with van der Waals surface area (Å²) < 4.78 is 27.5. The number of thioether (sulfide) groups is 1. The second-order valence-electron chi connectivity index (χ2n) is 6.13. The summed E-state index contributed by atoms with van der Waals surface area (Å²) in [6.45, 7) is 0.304. The highest BCUT2D eigenvalue weighted by molar-refractivity contribution is 7.98. The molecule has 1 amide bonds. The van der Waals surface area contributed by atoms with E-state index in [4.69, 9.17) is 11.6 Å². The zero-order valence-corrected chi connectivity index (χ0v) is 17.9. The van der Waals surface area contributed by atoms with E-state index in [1.165, 1.54) is 11.8 Å². The molecule has 0 saturated heterocycles. The van der Waals surface area contributed by atoms with Gasteiger partial charge in [0.05, 0.1) is 4.90 Å². The molecule has 0 aromatic heterocycles. The van der Waals surface area contributed by atoms with Crippen LogP contribution in [0.4, 0.5) is 5.69 Å². The molecule has 3 aromatic rings. The van der Waals surface area contributed by atoms with Gasteiger partial charge in [0.1, 0.15) is 0 Å². The van der Waals surface area contributed by atoms with Crippen LogP contribution in [0.3, 0.4) is 0 Å². The topological polar surface area (TPSA) is 75.3 Å². The molecule has 0 heterocycles. The maximum absolute atomic E-state index is 12.5. The van der Waals surface area contributed by atoms with E-state index < -0.39 is 10.0 Å². The molecular formula is C21H19ClN2O3S2. The molecule has 0 aliphatic heterocycles. The molecule has 0 radical (unpaired) electrons. The fraction of sp³-hybridized carbons (Fsp3) is 0.0952. The third-order valence-electron chi connectivity index (χ3n) is 4.17. The Kier molecular flexibility index (Phi) is 6.84. The van der Waals surface area contributed by atoms with Gasteiger partial charge in [0.25, 0.3) is 15.9 Å². The molecule has 29 heavy (non-hydrogen) atoms. The van der Waals surface area contributed by atoms with Gasteiger partial charge in [0.15, 0.2) is 0 Å². The van der Waals surface area contributed by atoms with Gasteiger partial charge in [-0.25, -0.2) is 8.42 Å². The van der Waals surface area contributed by atoms with Crippen molar-refractivity contribution in [1.82, 2.24) is 5.32 Å². The Labute approximate surface area is 179 Å². The number of sulfonamides is 1. The van der Waals surface area contributed by atoms with E-state index in [-0.39, 0.29) is 10.8 Å². The number of hydrogen-bond donors (Lipinski definition) is 2. The van der Waals surface area contributed by atoms with Crippen molar-refractivity contribution in [2.45, 2.75) is 16.3 Å². The molecule has 0 aliphatic carbocycles. The molecule has 3 rings (SSSR count). The number of hydrogen-bond acceptors (Lipinski definition) is 4. The first-order valence-electron chi connectivity index (χ1n) is 8.67. The highest BCUT2D eigenvalue weighted by atomic mass is 35.5. The summed E-state index contributed by atoms with van der Waals surface area (Å²) in [7, 11) is -3.70. The second kappa shape index (κ2) is 9.35. The lowest BCUT2D eigenvalue weighted by atomic mass is 10.2. The van der Waals surface area contributed by atoms with E-state index in [0.717, 1.165) is 10.5 Å². The lowest BCUT2D eigenvalue weighted by molar-refractivity contribution is 0.0951. The smallest absolute Gasteiger partial charge is 0.261 e. The number of rotatable bonds is 7. The number of nitrogens with one attached hydrogen (secondary N) is 2. The molecule has 0 unspecified atom stereocenters. The first-order valence-corrected chi connectivity index (χ1v) is 11.8. The standard InChI is InChI=1S/C21H19ClN2O3S2/c1-28-18-10-12-19(13-11-18)29(26,27)24-17-8-6-15(7-9-17)21(25)23-14-16-4-2-3-5-20(16)22/h2-13,24H,14H2,1H3,(H,23,25). The Morgan fingerprint density at radius 3 is 2.24 bits per heavy atom. The Hall–Kier alpha value is -2.48. The maximum Gasteiger partial charge on any atom is 0.261 e. The van der Waals surface area contributed by atoms with Crippen LogP contribution in [-0.2, 0) is 16.6 Å². The van der Waals surface area contributed by atoms with Crippen LogP contribution in [0.25, 0.3) is 0 Å². The lowest BCUT2D eigenvalue weighted by Gasteiger charge is -2.10. The summed E-state index contributed by atoms with van der Waals surface area (Å²) in [5.74, 6) is -0.271. The first-order chi connectivity index (χ1) is 13.9. The van der Waals surface area contributed by atoms with E-state index in [9.17, 15) is 13.2 Å². The second-order valence-corrected chi connectivity index (χ2v) is 9.10. The first kappa shape index (κ1) is 21.2. The summed E-state index contributed by atoms with van der Waals surface area (Å²) in [5.41, 5.74) is 1.62. The van der Waals surface area contributed by atoms with E-state index in [2.05, 4.69) is 10.0 Å². The third kappa shape index (κ3) is 5.53. The Morgan fingerprint density at radius 2 is 1.62 bits per heavy atom. The molecule has 150 valence electrons. The van der Waals surface area contributed by atoms with E-state index in [1.807, 2.05) is 24.5 Å². The van der Waals surface area contributed by atoms with Crippen molar-refractivity contribution in [3.63, 3.8) is 0 Å². The van der Waals surface area contributed by atoms with Gasteiger partial charge in [-0.3, -0.25) is 9.52 Å². The van der Waals surface area contributed by atoms with Gasteiger partial charge >= 0.3 is 0 Å². The zero-order chi connectivity index (χ0) is 20.9. The lowest BCUT2D eigenvalue weighted by Crippen LogP contribution is -2.23. The maximum atomic E-state index is 12.5. The number of halogens is 1. The Bertz CT molecular complexity index is 1100. The van der Waals surface area contributed by atoms with Crippen molar-refractivity contribution in [1.29, 1.82) is 0 Å². The predicted octanol–water partition coefficient (Wildman–Crippen LogP) is 4.79. The van der Waals surface area contributed by atoms with Crippen LogP contribution in [0.2, 0.25) is 5.02 Å². The average molecular weight is 447 g/mol. The average Bonchev–Trinajstić information content (AvgIpc) is 2.73. The van der Waals surface area contributed by atoms with Crippen LogP contribution in [0.1, 0.15) is 15.9 Å². The van der Waals surface area contributed by atoms with Gasteiger partial charge in [0, 0.05) is 27.7 Å². The van der Waals surface area contributed by atoms with Gasteiger partial charge in [-0.1, -0.05) is 29.8 Å². The molecule has 3 aromatic carbocycles. The Morgan fingerprint density at radius 1 is 0.966 bits per heavy atom. The highest BCUT2D eigenvalue weighted by Gasteiger charge is 2.14. The quantitative estimate of drug-likeness (QED) is 0.511. The number of amides is 1. The zero-order valence-electron chi connectivity index (χ0n) is 15.6. The highest BCUT2D eigenvalue weighted by Crippen LogP contribution is 2.20. The molecule has 5 nitrogen and oxygen atoms in total. The third-order valence-corrected chi connectivity index (χ3v) is 6.68. The number of anilines is 1. The normalized spacial score (nSPS) is 11.1. The molecule has 2 N–H and O–H groups in total. The largest absolute Gasteiger partial charge is 0.348 e. The van der Waals surface area contributed by atoms with Gasteiger partial charge in [0.2, 0.25) is 0 Å². The fourth-order valence-electron chi connectivity index (χ4n) is 2.58. The van der Waals surface area contributed by atoms with Crippen molar-refractivity contribution in [2.75, 3.05) is 11.0 Å². The van der Waals surface area contributed by atoms with Gasteiger partial charge in [-0.2, -0.15) is 0 Å². The summed E-state index contributed by atoms with van der Waals surface area (Å²) in [4.78, 5) is 13.5. The molecule has 0 spiro atoms. The van der Waals surface area contributed by atoms with Crippen molar-refractivity contribution in [3.05, 3.63) is 88.9 Å². The van der Waals surface area contributed by atoms with Crippen molar-refractivity contribution < 1.29 is 13.2 Å². The SMILES string of the molecule is CSc1ccc(S(=O)(=O)Nc2ccc(C(=O)NCc3ccccc3Cl)cc2)cc1. The van der Waals surface area contributed by atoms with Crippen LogP contribution >= 0.6 is 23.4 Å². The van der Waals surface area contributed by atoms with Crippen molar-refractivity contribution >= 4 is 45.0 Å². The summed E-state index contributed by atoms with van der Waals surface area (Å²) in [6.07, 6.45) is 1.92. The monoisotopic (exact) mass is 446 g/mol. The summed E-state index contributed by atoms with van der Waals surface area (Å²) in [5, 5.41) is 3.38. The minimum Gasteiger partial charge on any atom is -0.348 e. The number of carbonyl (C=O) groups excluding carboxylic acids is 1. The van der Waals surface area contributed by atoms with Crippen molar-refractivity contribution in [3.8, 4) is 0 Å². The minimum absolute atomic E-state index is 0.178. The van der Waals surface area contributed by atoms with Gasteiger partial charge in [-0.15, -0.1) is 11.8 Å². The van der Waals surface area contributed by atoms with Gasteiger partial charge in [-0.05, 0) is 66.4 Å². The molecule has 0 atom stereocenters. The molecular weight excluding hydrogens is 428 g/mol. The number of carbonyl (C=O) groups is 1. The van der Waals surface area contributed by atoms with Crippen LogP contribution in [0.15, 0.2) is 82.6 Å². The Balaban J connectivity index is 1.64. The van der Waals surface area contributed by atoms with Gasteiger partial charge < -0.3 is 5.32 Å². The molecule has 8 heteroatoms. The summed E-state index contributed by atoms with van der Waals surface area (Å²) in [6, 6.07) is 20.1. The van der Waals surface area contributed by atoms with E-state index >= 15 is 0 Å². The van der Waals surface area contributed by atoms with E-state index in [1.54, 1.807) is 54.6 Å². The molecule has 0 fully saturated rings. The van der Waals surface area contributed by atoms with E-state index in [0.29, 0.717) is 22.8 Å². The molecule has 0 bridgehead atoms. The predicted molar refractivity (Wildman–Crippen MR) is 118 cm³/mol. The molecule has 0 saturated carbocycles.